The van der Waals surface area contributed by atoms with Crippen molar-refractivity contribution in [3.8, 4) is 5.75 Å². The van der Waals surface area contributed by atoms with E-state index in [1.807, 2.05) is 0 Å². The van der Waals surface area contributed by atoms with E-state index in [9.17, 15) is 0 Å². The fourth-order valence-corrected chi connectivity index (χ4v) is 3.10. The van der Waals surface area contributed by atoms with Gasteiger partial charge in [-0.1, -0.05) is 6.92 Å². The van der Waals surface area contributed by atoms with Crippen molar-refractivity contribution in [2.75, 3.05) is 33.8 Å². The van der Waals surface area contributed by atoms with Crippen molar-refractivity contribution in [3.05, 3.63) is 26.6 Å². The Balaban J connectivity index is 2.56. The lowest BCUT2D eigenvalue weighted by Crippen LogP contribution is -2.26. The lowest BCUT2D eigenvalue weighted by molar-refractivity contribution is 0.313. The van der Waals surface area contributed by atoms with Gasteiger partial charge in [-0.25, -0.2) is 0 Å². The second kappa shape index (κ2) is 8.95. The van der Waals surface area contributed by atoms with E-state index in [2.05, 4.69) is 75.2 Å². The molecule has 1 aromatic rings. The zero-order valence-corrected chi connectivity index (χ0v) is 15.0. The van der Waals surface area contributed by atoms with Gasteiger partial charge in [0.25, 0.3) is 0 Å². The summed E-state index contributed by atoms with van der Waals surface area (Å²) in [5.74, 6) is 0.888. The minimum absolute atomic E-state index is 0.734. The Morgan fingerprint density at radius 1 is 1.21 bits per heavy atom. The summed E-state index contributed by atoms with van der Waals surface area (Å²) in [6.45, 7) is 5.72. The van der Waals surface area contributed by atoms with Gasteiger partial charge in [-0.05, 0) is 70.1 Å². The number of nitrogens with one attached hydrogen (secondary N) is 1. The third-order valence-corrected chi connectivity index (χ3v) is 3.75. The Morgan fingerprint density at radius 3 is 2.37 bits per heavy atom. The Kier molecular flexibility index (Phi) is 7.99. The number of hydrogen-bond acceptors (Lipinski definition) is 3. The topological polar surface area (TPSA) is 24.5 Å². The van der Waals surface area contributed by atoms with Crippen molar-refractivity contribution >= 4 is 31.9 Å². The lowest BCUT2D eigenvalue weighted by atomic mass is 10.2. The largest absolute Gasteiger partial charge is 0.491 e. The number of benzene rings is 1. The Hall–Kier alpha value is -0.100. The Labute approximate surface area is 133 Å². The van der Waals surface area contributed by atoms with Crippen LogP contribution >= 0.6 is 31.9 Å². The predicted octanol–water partition coefficient (Wildman–Crippen LogP) is 3.65. The normalized spacial score (nSPS) is 11.1. The highest BCUT2D eigenvalue weighted by Gasteiger charge is 2.08. The van der Waals surface area contributed by atoms with Gasteiger partial charge in [-0.3, -0.25) is 0 Å². The van der Waals surface area contributed by atoms with Crippen LogP contribution in [-0.4, -0.2) is 38.7 Å². The van der Waals surface area contributed by atoms with Crippen molar-refractivity contribution < 1.29 is 4.74 Å². The van der Waals surface area contributed by atoms with Gasteiger partial charge in [0.2, 0.25) is 0 Å². The Bertz CT molecular complexity index is 374. The van der Waals surface area contributed by atoms with Gasteiger partial charge in [-0.2, -0.15) is 0 Å². The van der Waals surface area contributed by atoms with Crippen molar-refractivity contribution in [1.82, 2.24) is 10.2 Å². The maximum Gasteiger partial charge on any atom is 0.147 e. The van der Waals surface area contributed by atoms with E-state index in [0.717, 1.165) is 47.4 Å². The van der Waals surface area contributed by atoms with Crippen LogP contribution in [0.5, 0.6) is 5.75 Å². The molecule has 0 aliphatic heterocycles. The summed E-state index contributed by atoms with van der Waals surface area (Å²) in [5.41, 5.74) is 1.24. The van der Waals surface area contributed by atoms with Gasteiger partial charge in [0.1, 0.15) is 5.75 Å². The van der Waals surface area contributed by atoms with Crippen LogP contribution in [0.4, 0.5) is 0 Å². The van der Waals surface area contributed by atoms with Gasteiger partial charge < -0.3 is 15.0 Å². The summed E-state index contributed by atoms with van der Waals surface area (Å²) in [6.07, 6.45) is 1.01. The van der Waals surface area contributed by atoms with E-state index in [0.29, 0.717) is 0 Å². The smallest absolute Gasteiger partial charge is 0.147 e. The SMILES string of the molecule is CCCOc1c(Br)cc(CNCCN(C)C)cc1Br. The fourth-order valence-electron chi connectivity index (χ4n) is 1.59. The van der Waals surface area contributed by atoms with Crippen LogP contribution in [0.1, 0.15) is 18.9 Å². The van der Waals surface area contributed by atoms with Gasteiger partial charge in [-0.15, -0.1) is 0 Å². The second-order valence-electron chi connectivity index (χ2n) is 4.72. The van der Waals surface area contributed by atoms with Crippen molar-refractivity contribution in [3.63, 3.8) is 0 Å². The summed E-state index contributed by atoms with van der Waals surface area (Å²) in [4.78, 5) is 2.17. The zero-order valence-electron chi connectivity index (χ0n) is 11.8. The maximum atomic E-state index is 5.71. The molecule has 1 rings (SSSR count). The monoisotopic (exact) mass is 392 g/mol. The highest BCUT2D eigenvalue weighted by atomic mass is 79.9. The molecule has 0 spiro atoms. The number of nitrogens with zero attached hydrogens (tertiary/aromatic N) is 1. The molecule has 0 aromatic heterocycles. The third-order valence-electron chi connectivity index (χ3n) is 2.57. The highest BCUT2D eigenvalue weighted by molar-refractivity contribution is 9.11. The molecule has 0 aliphatic rings. The standard InChI is InChI=1S/C14H22Br2N2O/c1-4-7-19-14-12(15)8-11(9-13(14)16)10-17-5-6-18(2)3/h8-9,17H,4-7,10H2,1-3H3. The molecule has 1 aromatic carbocycles. The minimum atomic E-state index is 0.734. The van der Waals surface area contributed by atoms with E-state index in [1.54, 1.807) is 0 Å². The van der Waals surface area contributed by atoms with Crippen LogP contribution in [0.25, 0.3) is 0 Å². The van der Waals surface area contributed by atoms with E-state index in [1.165, 1.54) is 5.56 Å². The van der Waals surface area contributed by atoms with E-state index in [-0.39, 0.29) is 0 Å². The van der Waals surface area contributed by atoms with Crippen molar-refractivity contribution in [2.24, 2.45) is 0 Å². The zero-order chi connectivity index (χ0) is 14.3. The molecule has 0 fully saturated rings. The first-order valence-corrected chi connectivity index (χ1v) is 8.09. The summed E-state index contributed by atoms with van der Waals surface area (Å²) in [6, 6.07) is 4.22. The maximum absolute atomic E-state index is 5.71. The number of likely N-dealkylation sites (N-methyl/N-ethyl adjacent to an activating group) is 1. The third kappa shape index (κ3) is 6.25. The van der Waals surface area contributed by atoms with E-state index >= 15 is 0 Å². The molecule has 0 unspecified atom stereocenters. The molecule has 19 heavy (non-hydrogen) atoms. The summed E-state index contributed by atoms with van der Waals surface area (Å²) < 4.78 is 7.71. The summed E-state index contributed by atoms with van der Waals surface area (Å²) in [5, 5.41) is 3.43. The molecule has 0 amide bonds. The van der Waals surface area contributed by atoms with Gasteiger partial charge in [0.05, 0.1) is 15.6 Å². The van der Waals surface area contributed by atoms with Crippen LogP contribution in [-0.2, 0) is 6.54 Å². The second-order valence-corrected chi connectivity index (χ2v) is 6.43. The molecule has 0 saturated carbocycles. The molecule has 108 valence electrons. The molecule has 0 aliphatic carbocycles. The summed E-state index contributed by atoms with van der Waals surface area (Å²) >= 11 is 7.14. The highest BCUT2D eigenvalue weighted by Crippen LogP contribution is 2.34. The predicted molar refractivity (Wildman–Crippen MR) is 87.9 cm³/mol. The quantitative estimate of drug-likeness (QED) is 0.682. The van der Waals surface area contributed by atoms with Gasteiger partial charge in [0, 0.05) is 19.6 Å². The first-order valence-electron chi connectivity index (χ1n) is 6.50. The van der Waals surface area contributed by atoms with Crippen molar-refractivity contribution in [2.45, 2.75) is 19.9 Å². The first-order chi connectivity index (χ1) is 9.04. The van der Waals surface area contributed by atoms with Crippen LogP contribution in [0.3, 0.4) is 0 Å². The molecule has 0 atom stereocenters. The molecule has 3 nitrogen and oxygen atoms in total. The van der Waals surface area contributed by atoms with Gasteiger partial charge in [0.15, 0.2) is 0 Å². The molecule has 0 saturated heterocycles. The number of hydrogen-bond donors (Lipinski definition) is 1. The molecule has 0 bridgehead atoms. The molecule has 1 N–H and O–H groups in total. The van der Waals surface area contributed by atoms with Crippen molar-refractivity contribution in [1.29, 1.82) is 0 Å². The fraction of sp³-hybridized carbons (Fsp3) is 0.571. The van der Waals surface area contributed by atoms with Crippen LogP contribution in [0, 0.1) is 0 Å². The van der Waals surface area contributed by atoms with Crippen LogP contribution in [0.2, 0.25) is 0 Å². The Morgan fingerprint density at radius 2 is 1.84 bits per heavy atom. The molecule has 5 heteroatoms. The molecule has 0 heterocycles. The van der Waals surface area contributed by atoms with E-state index in [4.69, 9.17) is 4.74 Å². The first kappa shape index (κ1) is 17.0. The number of rotatable bonds is 8. The summed E-state index contributed by atoms with van der Waals surface area (Å²) in [7, 11) is 4.16. The minimum Gasteiger partial charge on any atom is -0.491 e. The molecule has 0 radical (unpaired) electrons. The average Bonchev–Trinajstić information content (AvgIpc) is 2.33. The lowest BCUT2D eigenvalue weighted by Gasteiger charge is -2.13. The molecular formula is C14H22Br2N2O. The average molecular weight is 394 g/mol. The van der Waals surface area contributed by atoms with Crippen LogP contribution in [0.15, 0.2) is 21.1 Å². The van der Waals surface area contributed by atoms with E-state index < -0.39 is 0 Å². The van der Waals surface area contributed by atoms with Gasteiger partial charge >= 0.3 is 0 Å². The number of ether oxygens (including phenoxy) is 1. The molecular weight excluding hydrogens is 372 g/mol. The number of halogens is 2. The van der Waals surface area contributed by atoms with Crippen LogP contribution < -0.4 is 10.1 Å².